The quantitative estimate of drug-likeness (QED) is 0.255. The fourth-order valence-corrected chi connectivity index (χ4v) is 3.74. The molecule has 32 heavy (non-hydrogen) atoms. The largest absolute Gasteiger partial charge is 0.488 e. The minimum atomic E-state index is -0.357. The molecule has 0 aliphatic carbocycles. The molecular formula is C26H21BrN2O3. The summed E-state index contributed by atoms with van der Waals surface area (Å²) in [4.78, 5) is 12.2. The first kappa shape index (κ1) is 21.6. The first-order chi connectivity index (χ1) is 15.7. The van der Waals surface area contributed by atoms with Crippen molar-refractivity contribution in [1.82, 2.24) is 5.43 Å². The van der Waals surface area contributed by atoms with E-state index in [0.717, 1.165) is 26.4 Å². The first-order valence-electron chi connectivity index (χ1n) is 10.1. The van der Waals surface area contributed by atoms with Gasteiger partial charge in [-0.2, -0.15) is 5.10 Å². The maximum Gasteiger partial charge on any atom is 0.277 e. The average Bonchev–Trinajstić information content (AvgIpc) is 2.84. The number of ether oxygens (including phenoxy) is 2. The highest BCUT2D eigenvalue weighted by atomic mass is 79.9. The molecule has 0 saturated heterocycles. The Bertz CT molecular complexity index is 1240. The van der Waals surface area contributed by atoms with Crippen molar-refractivity contribution in [3.8, 4) is 11.5 Å². The standard InChI is InChI=1S/C26H21BrN2O3/c27-26-22-12-6-4-10-20(22)14-15-24(26)32-18-25(30)29-28-16-21-11-5-7-13-23(21)31-17-19-8-2-1-3-9-19/h1-16H,17-18H2,(H,29,30)/b28-16+. The maximum atomic E-state index is 12.2. The van der Waals surface area contributed by atoms with Crippen LogP contribution in [-0.4, -0.2) is 18.7 Å². The van der Waals surface area contributed by atoms with E-state index in [1.807, 2.05) is 91.0 Å². The Morgan fingerprint density at radius 2 is 1.59 bits per heavy atom. The zero-order valence-corrected chi connectivity index (χ0v) is 18.8. The maximum absolute atomic E-state index is 12.2. The van der Waals surface area contributed by atoms with Gasteiger partial charge in [-0.3, -0.25) is 4.79 Å². The second-order valence-corrected chi connectivity index (χ2v) is 7.79. The van der Waals surface area contributed by atoms with Crippen LogP contribution in [-0.2, 0) is 11.4 Å². The molecule has 0 heterocycles. The Kier molecular flexibility index (Phi) is 7.15. The number of hydrogen-bond acceptors (Lipinski definition) is 4. The smallest absolute Gasteiger partial charge is 0.277 e. The van der Waals surface area contributed by atoms with Crippen LogP contribution >= 0.6 is 15.9 Å². The van der Waals surface area contributed by atoms with Crippen molar-refractivity contribution in [2.24, 2.45) is 5.10 Å². The van der Waals surface area contributed by atoms with Gasteiger partial charge >= 0.3 is 0 Å². The van der Waals surface area contributed by atoms with Gasteiger partial charge in [-0.15, -0.1) is 0 Å². The Hall–Kier alpha value is -3.64. The van der Waals surface area contributed by atoms with Gasteiger partial charge in [-0.25, -0.2) is 5.43 Å². The molecule has 0 spiro atoms. The highest BCUT2D eigenvalue weighted by Crippen LogP contribution is 2.32. The van der Waals surface area contributed by atoms with Gasteiger partial charge in [0, 0.05) is 5.56 Å². The average molecular weight is 489 g/mol. The Morgan fingerprint density at radius 1 is 0.844 bits per heavy atom. The van der Waals surface area contributed by atoms with Gasteiger partial charge in [-0.1, -0.05) is 72.8 Å². The third-order valence-corrected chi connectivity index (χ3v) is 5.55. The number of hydrogen-bond donors (Lipinski definition) is 1. The minimum Gasteiger partial charge on any atom is -0.488 e. The van der Waals surface area contributed by atoms with Crippen LogP contribution < -0.4 is 14.9 Å². The highest BCUT2D eigenvalue weighted by Gasteiger charge is 2.08. The molecule has 4 aromatic rings. The molecule has 0 fully saturated rings. The number of fused-ring (bicyclic) bond motifs is 1. The second-order valence-electron chi connectivity index (χ2n) is 6.99. The van der Waals surface area contributed by atoms with Gasteiger partial charge in [0.05, 0.1) is 10.7 Å². The topological polar surface area (TPSA) is 59.9 Å². The lowest BCUT2D eigenvalue weighted by Gasteiger charge is -2.10. The third-order valence-electron chi connectivity index (χ3n) is 4.74. The lowest BCUT2D eigenvalue weighted by Crippen LogP contribution is -2.24. The van der Waals surface area contributed by atoms with E-state index in [4.69, 9.17) is 9.47 Å². The summed E-state index contributed by atoms with van der Waals surface area (Å²) in [5.41, 5.74) is 4.33. The molecule has 1 N–H and O–H groups in total. The van der Waals surface area contributed by atoms with E-state index in [1.165, 1.54) is 0 Å². The van der Waals surface area contributed by atoms with E-state index in [9.17, 15) is 4.79 Å². The SMILES string of the molecule is O=C(COc1ccc2ccccc2c1Br)N/N=C/c1ccccc1OCc1ccccc1. The molecule has 0 aliphatic heterocycles. The number of amides is 1. The molecule has 1 amide bonds. The van der Waals surface area contributed by atoms with E-state index >= 15 is 0 Å². The zero-order valence-electron chi connectivity index (χ0n) is 17.2. The molecule has 0 saturated carbocycles. The lowest BCUT2D eigenvalue weighted by atomic mass is 10.1. The molecule has 0 aromatic heterocycles. The van der Waals surface area contributed by atoms with Gasteiger partial charge in [-0.05, 0) is 50.5 Å². The van der Waals surface area contributed by atoms with Crippen LogP contribution in [0.1, 0.15) is 11.1 Å². The zero-order chi connectivity index (χ0) is 22.2. The highest BCUT2D eigenvalue weighted by molar-refractivity contribution is 9.10. The van der Waals surface area contributed by atoms with Crippen molar-refractivity contribution in [2.75, 3.05) is 6.61 Å². The first-order valence-corrected chi connectivity index (χ1v) is 10.9. The number of hydrazone groups is 1. The van der Waals surface area contributed by atoms with Gasteiger partial charge in [0.1, 0.15) is 18.1 Å². The number of nitrogens with one attached hydrogen (secondary N) is 1. The molecular weight excluding hydrogens is 468 g/mol. The molecule has 0 radical (unpaired) electrons. The van der Waals surface area contributed by atoms with Crippen LogP contribution in [0, 0.1) is 0 Å². The van der Waals surface area contributed by atoms with Crippen LogP contribution in [0.3, 0.4) is 0 Å². The second kappa shape index (κ2) is 10.6. The number of benzene rings is 4. The molecule has 5 nitrogen and oxygen atoms in total. The summed E-state index contributed by atoms with van der Waals surface area (Å²) in [5.74, 6) is 0.928. The van der Waals surface area contributed by atoms with Crippen molar-refractivity contribution in [2.45, 2.75) is 6.61 Å². The van der Waals surface area contributed by atoms with Crippen molar-refractivity contribution in [3.63, 3.8) is 0 Å². The van der Waals surface area contributed by atoms with E-state index in [0.29, 0.717) is 18.1 Å². The van der Waals surface area contributed by atoms with Gasteiger partial charge in [0.2, 0.25) is 0 Å². The summed E-state index contributed by atoms with van der Waals surface area (Å²) in [5, 5.41) is 6.16. The van der Waals surface area contributed by atoms with E-state index < -0.39 is 0 Å². The van der Waals surface area contributed by atoms with Crippen molar-refractivity contribution in [3.05, 3.63) is 107 Å². The third kappa shape index (κ3) is 5.53. The van der Waals surface area contributed by atoms with Crippen LogP contribution in [0.4, 0.5) is 0 Å². The van der Waals surface area contributed by atoms with E-state index in [2.05, 4.69) is 26.5 Å². The number of rotatable bonds is 8. The predicted octanol–water partition coefficient (Wildman–Crippen LogP) is 5.71. The van der Waals surface area contributed by atoms with Crippen LogP contribution in [0.25, 0.3) is 10.8 Å². The van der Waals surface area contributed by atoms with Crippen molar-refractivity contribution >= 4 is 38.8 Å². The summed E-state index contributed by atoms with van der Waals surface area (Å²) < 4.78 is 12.4. The number of halogens is 1. The van der Waals surface area contributed by atoms with Gasteiger partial charge in [0.25, 0.3) is 5.91 Å². The number of para-hydroxylation sites is 1. The minimum absolute atomic E-state index is 0.152. The molecule has 0 bridgehead atoms. The van der Waals surface area contributed by atoms with Crippen molar-refractivity contribution < 1.29 is 14.3 Å². The molecule has 160 valence electrons. The van der Waals surface area contributed by atoms with Gasteiger partial charge in [0.15, 0.2) is 6.61 Å². The fraction of sp³-hybridized carbons (Fsp3) is 0.0769. The molecule has 0 aliphatic rings. The van der Waals surface area contributed by atoms with Gasteiger partial charge < -0.3 is 9.47 Å². The number of carbonyl (C=O) groups excluding carboxylic acids is 1. The Morgan fingerprint density at radius 3 is 2.47 bits per heavy atom. The normalized spacial score (nSPS) is 10.9. The van der Waals surface area contributed by atoms with Crippen LogP contribution in [0.5, 0.6) is 11.5 Å². The molecule has 4 aromatic carbocycles. The van der Waals surface area contributed by atoms with E-state index in [-0.39, 0.29) is 12.5 Å². The Balaban J connectivity index is 1.32. The molecule has 0 atom stereocenters. The monoisotopic (exact) mass is 488 g/mol. The summed E-state index contributed by atoms with van der Waals surface area (Å²) in [6.07, 6.45) is 1.56. The Labute approximate surface area is 194 Å². The number of nitrogens with zero attached hydrogens (tertiary/aromatic N) is 1. The summed E-state index contributed by atoms with van der Waals surface area (Å²) in [7, 11) is 0. The lowest BCUT2D eigenvalue weighted by molar-refractivity contribution is -0.123. The molecule has 6 heteroatoms. The predicted molar refractivity (Wildman–Crippen MR) is 130 cm³/mol. The fourth-order valence-electron chi connectivity index (χ4n) is 3.13. The summed E-state index contributed by atoms with van der Waals surface area (Å²) in [6, 6.07) is 29.2. The summed E-state index contributed by atoms with van der Waals surface area (Å²) >= 11 is 3.55. The van der Waals surface area contributed by atoms with Crippen LogP contribution in [0.2, 0.25) is 0 Å². The van der Waals surface area contributed by atoms with Crippen molar-refractivity contribution in [1.29, 1.82) is 0 Å². The summed E-state index contributed by atoms with van der Waals surface area (Å²) in [6.45, 7) is 0.299. The van der Waals surface area contributed by atoms with Crippen LogP contribution in [0.15, 0.2) is 101 Å². The molecule has 0 unspecified atom stereocenters. The molecule has 4 rings (SSSR count). The van der Waals surface area contributed by atoms with E-state index in [1.54, 1.807) is 6.21 Å². The number of carbonyl (C=O) groups is 1.